The molecule has 0 atom stereocenters. The molecular formula is C19H20N2O2. The summed E-state index contributed by atoms with van der Waals surface area (Å²) in [7, 11) is 1.67. The molecule has 0 N–H and O–H groups in total. The van der Waals surface area contributed by atoms with Crippen LogP contribution in [0.3, 0.4) is 0 Å². The van der Waals surface area contributed by atoms with Crippen LogP contribution >= 0.6 is 0 Å². The SMILES string of the molecule is CCOCc1cn(-c2ccccc2)nc1-c1ccc(OC)cc1. The number of hydrogen-bond donors (Lipinski definition) is 0. The van der Waals surface area contributed by atoms with Gasteiger partial charge in [-0.15, -0.1) is 0 Å². The second-order valence-electron chi connectivity index (χ2n) is 5.15. The Kier molecular flexibility index (Phi) is 4.74. The molecule has 0 spiro atoms. The Hall–Kier alpha value is -2.59. The lowest BCUT2D eigenvalue weighted by Gasteiger charge is -2.04. The van der Waals surface area contributed by atoms with Crippen LogP contribution in [0.25, 0.3) is 16.9 Å². The van der Waals surface area contributed by atoms with Crippen molar-refractivity contribution in [3.63, 3.8) is 0 Å². The molecule has 4 nitrogen and oxygen atoms in total. The number of para-hydroxylation sites is 1. The summed E-state index contributed by atoms with van der Waals surface area (Å²) in [4.78, 5) is 0. The lowest BCUT2D eigenvalue weighted by molar-refractivity contribution is 0.134. The average Bonchev–Trinajstić information content (AvgIpc) is 3.05. The fraction of sp³-hybridized carbons (Fsp3) is 0.211. The molecule has 0 fully saturated rings. The monoisotopic (exact) mass is 308 g/mol. The van der Waals surface area contributed by atoms with Crippen molar-refractivity contribution in [1.82, 2.24) is 9.78 Å². The Balaban J connectivity index is 2.00. The van der Waals surface area contributed by atoms with Crippen molar-refractivity contribution in [2.45, 2.75) is 13.5 Å². The molecule has 0 saturated carbocycles. The third kappa shape index (κ3) is 3.43. The van der Waals surface area contributed by atoms with Crippen LogP contribution in [-0.2, 0) is 11.3 Å². The summed E-state index contributed by atoms with van der Waals surface area (Å²) in [6, 6.07) is 18.0. The van der Waals surface area contributed by atoms with Gasteiger partial charge in [0, 0.05) is 23.9 Å². The fourth-order valence-electron chi connectivity index (χ4n) is 2.43. The molecule has 0 radical (unpaired) electrons. The van der Waals surface area contributed by atoms with Crippen LogP contribution in [0.5, 0.6) is 5.75 Å². The molecular weight excluding hydrogens is 288 g/mol. The van der Waals surface area contributed by atoms with Crippen molar-refractivity contribution in [1.29, 1.82) is 0 Å². The molecule has 0 amide bonds. The van der Waals surface area contributed by atoms with E-state index in [9.17, 15) is 0 Å². The average molecular weight is 308 g/mol. The highest BCUT2D eigenvalue weighted by atomic mass is 16.5. The van der Waals surface area contributed by atoms with Gasteiger partial charge in [-0.2, -0.15) is 5.10 Å². The topological polar surface area (TPSA) is 36.3 Å². The van der Waals surface area contributed by atoms with Gasteiger partial charge in [-0.05, 0) is 43.3 Å². The van der Waals surface area contributed by atoms with Crippen molar-refractivity contribution >= 4 is 0 Å². The predicted molar refractivity (Wildman–Crippen MR) is 90.9 cm³/mol. The van der Waals surface area contributed by atoms with Crippen LogP contribution in [-0.4, -0.2) is 23.5 Å². The Morgan fingerprint density at radius 3 is 2.39 bits per heavy atom. The minimum absolute atomic E-state index is 0.546. The molecule has 23 heavy (non-hydrogen) atoms. The second kappa shape index (κ2) is 7.11. The lowest BCUT2D eigenvalue weighted by Crippen LogP contribution is -1.94. The van der Waals surface area contributed by atoms with Crippen molar-refractivity contribution in [3.05, 3.63) is 66.4 Å². The molecule has 2 aromatic carbocycles. The number of ether oxygens (including phenoxy) is 2. The maximum Gasteiger partial charge on any atom is 0.118 e. The molecule has 1 heterocycles. The van der Waals surface area contributed by atoms with E-state index in [1.165, 1.54) is 0 Å². The zero-order chi connectivity index (χ0) is 16.1. The summed E-state index contributed by atoms with van der Waals surface area (Å²) in [5.41, 5.74) is 4.09. The van der Waals surface area contributed by atoms with Crippen LogP contribution in [0.1, 0.15) is 12.5 Å². The van der Waals surface area contributed by atoms with Crippen molar-refractivity contribution < 1.29 is 9.47 Å². The van der Waals surface area contributed by atoms with Crippen molar-refractivity contribution in [3.8, 4) is 22.7 Å². The highest BCUT2D eigenvalue weighted by molar-refractivity contribution is 5.64. The van der Waals surface area contributed by atoms with Crippen LogP contribution in [0.15, 0.2) is 60.8 Å². The first-order valence-corrected chi connectivity index (χ1v) is 7.68. The molecule has 0 saturated heterocycles. The van der Waals surface area contributed by atoms with Crippen LogP contribution < -0.4 is 4.74 Å². The van der Waals surface area contributed by atoms with E-state index in [0.717, 1.165) is 28.3 Å². The Labute approximate surface area is 136 Å². The van der Waals surface area contributed by atoms with Crippen LogP contribution in [0, 0.1) is 0 Å². The summed E-state index contributed by atoms with van der Waals surface area (Å²) in [5.74, 6) is 0.836. The van der Waals surface area contributed by atoms with E-state index in [2.05, 4.69) is 0 Å². The molecule has 3 aromatic rings. The minimum atomic E-state index is 0.546. The first kappa shape index (κ1) is 15.3. The zero-order valence-electron chi connectivity index (χ0n) is 13.4. The molecule has 1 aromatic heterocycles. The molecule has 0 aliphatic heterocycles. The summed E-state index contributed by atoms with van der Waals surface area (Å²) >= 11 is 0. The molecule has 4 heteroatoms. The Morgan fingerprint density at radius 2 is 1.74 bits per heavy atom. The number of rotatable bonds is 6. The molecule has 118 valence electrons. The molecule has 0 aliphatic rings. The lowest BCUT2D eigenvalue weighted by atomic mass is 10.1. The molecule has 0 bridgehead atoms. The number of aromatic nitrogens is 2. The standard InChI is InChI=1S/C19H20N2O2/c1-3-23-14-16-13-21(17-7-5-4-6-8-17)20-19(16)15-9-11-18(22-2)12-10-15/h4-13H,3,14H2,1-2H3. The first-order chi connectivity index (χ1) is 11.3. The smallest absolute Gasteiger partial charge is 0.118 e. The quantitative estimate of drug-likeness (QED) is 0.688. The molecule has 0 unspecified atom stereocenters. The number of hydrogen-bond acceptors (Lipinski definition) is 3. The third-order valence-electron chi connectivity index (χ3n) is 3.64. The highest BCUT2D eigenvalue weighted by Crippen LogP contribution is 2.26. The second-order valence-corrected chi connectivity index (χ2v) is 5.15. The third-order valence-corrected chi connectivity index (χ3v) is 3.64. The first-order valence-electron chi connectivity index (χ1n) is 7.68. The predicted octanol–water partition coefficient (Wildman–Crippen LogP) is 4.08. The van der Waals surface area contributed by atoms with E-state index in [1.54, 1.807) is 7.11 Å². The number of nitrogens with zero attached hydrogens (tertiary/aromatic N) is 2. The molecule has 0 aliphatic carbocycles. The van der Waals surface area contributed by atoms with Gasteiger partial charge in [0.1, 0.15) is 5.75 Å². The summed E-state index contributed by atoms with van der Waals surface area (Å²) < 4.78 is 12.7. The van der Waals surface area contributed by atoms with Crippen molar-refractivity contribution in [2.75, 3.05) is 13.7 Å². The van der Waals surface area contributed by atoms with Crippen molar-refractivity contribution in [2.24, 2.45) is 0 Å². The van der Waals surface area contributed by atoms with Gasteiger partial charge in [0.05, 0.1) is 25.1 Å². The van der Waals surface area contributed by atoms with E-state index in [0.29, 0.717) is 13.2 Å². The van der Waals surface area contributed by atoms with Gasteiger partial charge in [0.2, 0.25) is 0 Å². The number of benzene rings is 2. The fourth-order valence-corrected chi connectivity index (χ4v) is 2.43. The van der Waals surface area contributed by atoms with Gasteiger partial charge < -0.3 is 9.47 Å². The molecule has 3 rings (SSSR count). The van der Waals surface area contributed by atoms with E-state index in [4.69, 9.17) is 14.6 Å². The maximum absolute atomic E-state index is 5.60. The Bertz CT molecular complexity index is 749. The summed E-state index contributed by atoms with van der Waals surface area (Å²) in [6.07, 6.45) is 2.03. The normalized spacial score (nSPS) is 10.7. The van der Waals surface area contributed by atoms with Crippen LogP contribution in [0.2, 0.25) is 0 Å². The Morgan fingerprint density at radius 1 is 1.00 bits per heavy atom. The maximum atomic E-state index is 5.60. The van der Waals surface area contributed by atoms with Gasteiger partial charge in [-0.3, -0.25) is 0 Å². The van der Waals surface area contributed by atoms with Gasteiger partial charge in [0.25, 0.3) is 0 Å². The van der Waals surface area contributed by atoms with E-state index >= 15 is 0 Å². The minimum Gasteiger partial charge on any atom is -0.497 e. The van der Waals surface area contributed by atoms with Crippen LogP contribution in [0.4, 0.5) is 0 Å². The van der Waals surface area contributed by atoms with Gasteiger partial charge in [0.15, 0.2) is 0 Å². The van der Waals surface area contributed by atoms with Gasteiger partial charge in [-0.1, -0.05) is 18.2 Å². The van der Waals surface area contributed by atoms with Gasteiger partial charge in [-0.25, -0.2) is 4.68 Å². The van der Waals surface area contributed by atoms with E-state index < -0.39 is 0 Å². The van der Waals surface area contributed by atoms with E-state index in [1.807, 2.05) is 72.4 Å². The van der Waals surface area contributed by atoms with E-state index in [-0.39, 0.29) is 0 Å². The summed E-state index contributed by atoms with van der Waals surface area (Å²) in [5, 5.41) is 4.75. The van der Waals surface area contributed by atoms with Gasteiger partial charge >= 0.3 is 0 Å². The summed E-state index contributed by atoms with van der Waals surface area (Å²) in [6.45, 7) is 3.22. The zero-order valence-corrected chi connectivity index (χ0v) is 13.4. The largest absolute Gasteiger partial charge is 0.497 e. The number of methoxy groups -OCH3 is 1. The highest BCUT2D eigenvalue weighted by Gasteiger charge is 2.12.